The van der Waals surface area contributed by atoms with Crippen molar-refractivity contribution in [2.24, 2.45) is 11.8 Å². The second kappa shape index (κ2) is 7.43. The number of rotatable bonds is 5. The third kappa shape index (κ3) is 4.19. The molecule has 1 saturated heterocycles. The predicted octanol–water partition coefficient (Wildman–Crippen LogP) is 3.69. The summed E-state index contributed by atoms with van der Waals surface area (Å²) in [5, 5.41) is 2.96. The lowest BCUT2D eigenvalue weighted by molar-refractivity contribution is -0.120. The number of hydrogen-bond donors (Lipinski definition) is 1. The number of hydrogen-bond acceptors (Lipinski definition) is 3. The van der Waals surface area contributed by atoms with E-state index in [2.05, 4.69) is 22.1 Å². The van der Waals surface area contributed by atoms with Crippen molar-refractivity contribution in [3.05, 3.63) is 18.3 Å². The summed E-state index contributed by atoms with van der Waals surface area (Å²) in [7, 11) is 0. The van der Waals surface area contributed by atoms with Gasteiger partial charge in [-0.05, 0) is 43.7 Å². The van der Waals surface area contributed by atoms with Gasteiger partial charge < -0.3 is 10.2 Å². The average Bonchev–Trinajstić information content (AvgIpc) is 2.50. The molecule has 116 valence electrons. The molecular formula is C17H27N3O. The monoisotopic (exact) mass is 289 g/mol. The second-order valence-corrected chi connectivity index (χ2v) is 6.08. The molecule has 0 atom stereocenters. The molecule has 1 fully saturated rings. The second-order valence-electron chi connectivity index (χ2n) is 6.08. The predicted molar refractivity (Wildman–Crippen MR) is 87.5 cm³/mol. The Bertz CT molecular complexity index is 446. The number of nitrogens with one attached hydrogen (secondary N) is 1. The molecule has 4 heteroatoms. The summed E-state index contributed by atoms with van der Waals surface area (Å²) in [5.41, 5.74) is 0.793. The number of piperidine rings is 1. The topological polar surface area (TPSA) is 45.2 Å². The highest BCUT2D eigenvalue weighted by atomic mass is 16.1. The molecule has 1 aromatic rings. The Hall–Kier alpha value is -1.58. The highest BCUT2D eigenvalue weighted by molar-refractivity contribution is 5.92. The Morgan fingerprint density at radius 2 is 2.00 bits per heavy atom. The van der Waals surface area contributed by atoms with E-state index in [0.29, 0.717) is 0 Å². The van der Waals surface area contributed by atoms with Gasteiger partial charge in [-0.3, -0.25) is 4.79 Å². The van der Waals surface area contributed by atoms with Gasteiger partial charge in [0.25, 0.3) is 0 Å². The first-order valence-corrected chi connectivity index (χ1v) is 8.15. The van der Waals surface area contributed by atoms with Crippen molar-refractivity contribution in [2.45, 2.75) is 46.5 Å². The summed E-state index contributed by atoms with van der Waals surface area (Å²) in [4.78, 5) is 18.9. The molecule has 1 amide bonds. The maximum atomic E-state index is 12.0. The molecule has 2 heterocycles. The Morgan fingerprint density at radius 1 is 1.33 bits per heavy atom. The summed E-state index contributed by atoms with van der Waals surface area (Å²) in [6, 6.07) is 3.97. The van der Waals surface area contributed by atoms with E-state index in [1.807, 2.05) is 26.0 Å². The lowest BCUT2D eigenvalue weighted by Crippen LogP contribution is -2.33. The Balaban J connectivity index is 1.94. The van der Waals surface area contributed by atoms with Crippen LogP contribution in [-0.4, -0.2) is 24.0 Å². The number of carbonyl (C=O) groups excluding carboxylic acids is 1. The first kappa shape index (κ1) is 15.8. The van der Waals surface area contributed by atoms with Crippen LogP contribution in [0.2, 0.25) is 0 Å². The van der Waals surface area contributed by atoms with E-state index < -0.39 is 0 Å². The van der Waals surface area contributed by atoms with Crippen molar-refractivity contribution in [1.29, 1.82) is 0 Å². The summed E-state index contributed by atoms with van der Waals surface area (Å²) >= 11 is 0. The minimum atomic E-state index is 0.0910. The van der Waals surface area contributed by atoms with Crippen LogP contribution in [0.3, 0.4) is 0 Å². The minimum absolute atomic E-state index is 0.0910. The van der Waals surface area contributed by atoms with Crippen LogP contribution in [0.25, 0.3) is 0 Å². The largest absolute Gasteiger partial charge is 0.357 e. The van der Waals surface area contributed by atoms with Crippen molar-refractivity contribution in [3.63, 3.8) is 0 Å². The summed E-state index contributed by atoms with van der Waals surface area (Å²) in [6.45, 7) is 8.56. The van der Waals surface area contributed by atoms with Gasteiger partial charge in [-0.25, -0.2) is 4.98 Å². The normalized spacial score (nSPS) is 16.3. The Morgan fingerprint density at radius 3 is 2.52 bits per heavy atom. The van der Waals surface area contributed by atoms with Gasteiger partial charge in [0.1, 0.15) is 5.82 Å². The van der Waals surface area contributed by atoms with E-state index in [1.165, 1.54) is 12.8 Å². The van der Waals surface area contributed by atoms with E-state index in [4.69, 9.17) is 0 Å². The highest BCUT2D eigenvalue weighted by Gasteiger charge is 2.17. The van der Waals surface area contributed by atoms with Gasteiger partial charge in [-0.1, -0.05) is 20.8 Å². The number of anilines is 2. The fourth-order valence-corrected chi connectivity index (χ4v) is 2.79. The van der Waals surface area contributed by atoms with Crippen LogP contribution in [0.15, 0.2) is 18.3 Å². The third-order valence-electron chi connectivity index (χ3n) is 4.48. The van der Waals surface area contributed by atoms with Crippen molar-refractivity contribution < 1.29 is 4.79 Å². The fourth-order valence-electron chi connectivity index (χ4n) is 2.79. The molecule has 2 rings (SSSR count). The molecule has 0 aromatic carbocycles. The van der Waals surface area contributed by atoms with Gasteiger partial charge in [-0.15, -0.1) is 0 Å². The molecule has 0 spiro atoms. The SMILES string of the molecule is CCC(CC)C(=O)Nc1ccc(N2CCC(C)CC2)nc1. The van der Waals surface area contributed by atoms with Crippen molar-refractivity contribution in [1.82, 2.24) is 4.98 Å². The standard InChI is InChI=1S/C17H27N3O/c1-4-14(5-2)17(21)19-15-6-7-16(18-12-15)20-10-8-13(3)9-11-20/h6-7,12-14H,4-5,8-11H2,1-3H3,(H,19,21). The van der Waals surface area contributed by atoms with E-state index in [0.717, 1.165) is 43.4 Å². The van der Waals surface area contributed by atoms with Crippen molar-refractivity contribution in [2.75, 3.05) is 23.3 Å². The summed E-state index contributed by atoms with van der Waals surface area (Å²) in [6.07, 6.45) is 5.98. The van der Waals surface area contributed by atoms with Gasteiger partial charge in [0.15, 0.2) is 0 Å². The zero-order chi connectivity index (χ0) is 15.2. The van der Waals surface area contributed by atoms with E-state index in [1.54, 1.807) is 6.20 Å². The van der Waals surface area contributed by atoms with Gasteiger partial charge in [-0.2, -0.15) is 0 Å². The molecule has 0 unspecified atom stereocenters. The molecule has 1 N–H and O–H groups in total. The molecule has 0 radical (unpaired) electrons. The lowest BCUT2D eigenvalue weighted by atomic mass is 9.99. The minimum Gasteiger partial charge on any atom is -0.357 e. The van der Waals surface area contributed by atoms with Crippen LogP contribution < -0.4 is 10.2 Å². The van der Waals surface area contributed by atoms with E-state index in [9.17, 15) is 4.79 Å². The third-order valence-corrected chi connectivity index (χ3v) is 4.48. The van der Waals surface area contributed by atoms with E-state index in [-0.39, 0.29) is 11.8 Å². The molecule has 0 saturated carbocycles. The lowest BCUT2D eigenvalue weighted by Gasteiger charge is -2.31. The zero-order valence-corrected chi connectivity index (χ0v) is 13.4. The Labute approximate surface area is 127 Å². The maximum Gasteiger partial charge on any atom is 0.227 e. The summed E-state index contributed by atoms with van der Waals surface area (Å²) < 4.78 is 0. The zero-order valence-electron chi connectivity index (χ0n) is 13.4. The number of amides is 1. The van der Waals surface area contributed by atoms with Crippen LogP contribution in [0, 0.1) is 11.8 Å². The highest BCUT2D eigenvalue weighted by Crippen LogP contribution is 2.22. The van der Waals surface area contributed by atoms with Crippen LogP contribution in [0.4, 0.5) is 11.5 Å². The molecule has 4 nitrogen and oxygen atoms in total. The number of nitrogens with zero attached hydrogens (tertiary/aromatic N) is 2. The van der Waals surface area contributed by atoms with Crippen molar-refractivity contribution >= 4 is 17.4 Å². The molecule has 1 aromatic heterocycles. The summed E-state index contributed by atoms with van der Waals surface area (Å²) in [5.74, 6) is 2.02. The number of carbonyl (C=O) groups is 1. The fraction of sp³-hybridized carbons (Fsp3) is 0.647. The van der Waals surface area contributed by atoms with Crippen LogP contribution in [-0.2, 0) is 4.79 Å². The van der Waals surface area contributed by atoms with Crippen LogP contribution in [0.1, 0.15) is 46.5 Å². The van der Waals surface area contributed by atoms with Gasteiger partial charge in [0.2, 0.25) is 5.91 Å². The molecule has 21 heavy (non-hydrogen) atoms. The first-order chi connectivity index (χ1) is 10.1. The van der Waals surface area contributed by atoms with Crippen molar-refractivity contribution in [3.8, 4) is 0 Å². The van der Waals surface area contributed by atoms with Gasteiger partial charge in [0.05, 0.1) is 11.9 Å². The molecule has 0 bridgehead atoms. The van der Waals surface area contributed by atoms with E-state index >= 15 is 0 Å². The molecule has 0 aliphatic carbocycles. The first-order valence-electron chi connectivity index (χ1n) is 8.15. The molecule has 1 aliphatic rings. The van der Waals surface area contributed by atoms with Gasteiger partial charge >= 0.3 is 0 Å². The maximum absolute atomic E-state index is 12.0. The average molecular weight is 289 g/mol. The Kier molecular flexibility index (Phi) is 5.59. The van der Waals surface area contributed by atoms with Gasteiger partial charge in [0, 0.05) is 19.0 Å². The number of pyridine rings is 1. The smallest absolute Gasteiger partial charge is 0.227 e. The molecule has 1 aliphatic heterocycles. The van der Waals surface area contributed by atoms with Crippen LogP contribution in [0.5, 0.6) is 0 Å². The number of aromatic nitrogens is 1. The quantitative estimate of drug-likeness (QED) is 0.899. The molecular weight excluding hydrogens is 262 g/mol. The van der Waals surface area contributed by atoms with Crippen LogP contribution >= 0.6 is 0 Å².